The van der Waals surface area contributed by atoms with Gasteiger partial charge in [-0.25, -0.2) is 18.7 Å². The van der Waals surface area contributed by atoms with E-state index in [1.54, 1.807) is 25.2 Å². The van der Waals surface area contributed by atoms with Gasteiger partial charge in [0.1, 0.15) is 30.1 Å². The molecule has 0 spiro atoms. The summed E-state index contributed by atoms with van der Waals surface area (Å²) >= 11 is 5.84. The van der Waals surface area contributed by atoms with Crippen LogP contribution in [0.3, 0.4) is 0 Å². The van der Waals surface area contributed by atoms with Gasteiger partial charge in [0.2, 0.25) is 5.88 Å². The van der Waals surface area contributed by atoms with E-state index in [0.717, 1.165) is 90.3 Å². The minimum absolute atomic E-state index is 0.0769. The number of carbonyl (C=O) groups is 1. The molecule has 0 bridgehead atoms. The number of nitrogens with zero attached hydrogens (tertiary/aromatic N) is 5. The van der Waals surface area contributed by atoms with E-state index in [1.807, 2.05) is 43.3 Å². The molecular formula is C39H38ClF2N7O3. The molecule has 0 amide bonds. The molecule has 5 heterocycles. The largest absolute Gasteiger partial charge is 0.473 e. The molecule has 8 rings (SSSR count). The number of carbonyl (C=O) groups excluding carboxylic acids is 1. The van der Waals surface area contributed by atoms with E-state index in [-0.39, 0.29) is 18.5 Å². The van der Waals surface area contributed by atoms with Gasteiger partial charge in [-0.15, -0.1) is 0 Å². The lowest BCUT2D eigenvalue weighted by Gasteiger charge is -2.29. The first-order chi connectivity index (χ1) is 25.3. The van der Waals surface area contributed by atoms with Crippen LogP contribution in [0.15, 0.2) is 72.8 Å². The molecule has 2 aliphatic rings. The molecule has 1 atom stereocenters. The molecule has 3 aromatic carbocycles. The van der Waals surface area contributed by atoms with Crippen molar-refractivity contribution in [3.63, 3.8) is 0 Å². The monoisotopic (exact) mass is 725 g/mol. The number of pyridine rings is 1. The van der Waals surface area contributed by atoms with Crippen molar-refractivity contribution in [2.45, 2.75) is 45.6 Å². The average Bonchev–Trinajstić information content (AvgIpc) is 3.68. The van der Waals surface area contributed by atoms with E-state index in [2.05, 4.69) is 36.0 Å². The summed E-state index contributed by atoms with van der Waals surface area (Å²) in [5.74, 6) is 0.730. The average molecular weight is 726 g/mol. The zero-order chi connectivity index (χ0) is 36.2. The van der Waals surface area contributed by atoms with Gasteiger partial charge in [-0.05, 0) is 73.9 Å². The minimum atomic E-state index is -0.397. The molecule has 1 unspecified atom stereocenters. The van der Waals surface area contributed by atoms with Crippen LogP contribution in [0.25, 0.3) is 27.5 Å². The van der Waals surface area contributed by atoms with Crippen molar-refractivity contribution in [1.82, 2.24) is 29.6 Å². The third kappa shape index (κ3) is 7.84. The van der Waals surface area contributed by atoms with Crippen molar-refractivity contribution < 1.29 is 23.0 Å². The zero-order valence-electron chi connectivity index (χ0n) is 28.8. The Bertz CT molecular complexity index is 2270. The number of anilines is 1. The number of imidazole rings is 1. The molecular weight excluding hydrogens is 688 g/mol. The summed E-state index contributed by atoms with van der Waals surface area (Å²) < 4.78 is 41.1. The summed E-state index contributed by atoms with van der Waals surface area (Å²) in [6.07, 6.45) is 5.12. The summed E-state index contributed by atoms with van der Waals surface area (Å²) in [7, 11) is 1.76. The molecule has 52 heavy (non-hydrogen) atoms. The number of rotatable bonds is 10. The highest BCUT2D eigenvalue weighted by molar-refractivity contribution is 6.30. The van der Waals surface area contributed by atoms with Gasteiger partial charge in [-0.1, -0.05) is 29.8 Å². The van der Waals surface area contributed by atoms with E-state index >= 15 is 0 Å². The lowest BCUT2D eigenvalue weighted by Crippen LogP contribution is -2.33. The smallest absolute Gasteiger partial charge is 0.214 e. The number of hydrogen-bond donors (Lipinski definition) is 2. The van der Waals surface area contributed by atoms with Crippen molar-refractivity contribution in [3.8, 4) is 5.88 Å². The summed E-state index contributed by atoms with van der Waals surface area (Å²) in [5, 5.41) is 10.7. The maximum Gasteiger partial charge on any atom is 0.214 e. The highest BCUT2D eigenvalue weighted by Crippen LogP contribution is 2.27. The zero-order valence-corrected chi connectivity index (χ0v) is 29.6. The fraction of sp³-hybridized carbons (Fsp3) is 0.282. The summed E-state index contributed by atoms with van der Waals surface area (Å²) in [6, 6.07) is 19.1. The highest BCUT2D eigenvalue weighted by Gasteiger charge is 2.24. The number of aryl methyl sites for hydroxylation is 1. The number of ether oxygens (including phenoxy) is 2. The third-order valence-electron chi connectivity index (χ3n) is 9.36. The summed E-state index contributed by atoms with van der Waals surface area (Å²) in [4.78, 5) is 23.3. The predicted octanol–water partition coefficient (Wildman–Crippen LogP) is 7.75. The number of aromatic amines is 1. The van der Waals surface area contributed by atoms with Crippen LogP contribution in [-0.2, 0) is 24.4 Å². The molecule has 1 fully saturated rings. The second-order valence-corrected chi connectivity index (χ2v) is 13.3. The Labute approximate surface area is 304 Å². The molecule has 0 aliphatic carbocycles. The molecule has 2 aliphatic heterocycles. The van der Waals surface area contributed by atoms with Crippen molar-refractivity contribution in [3.05, 3.63) is 118 Å². The van der Waals surface area contributed by atoms with Crippen LogP contribution in [-0.4, -0.2) is 68.8 Å². The number of benzene rings is 3. The van der Waals surface area contributed by atoms with E-state index in [4.69, 9.17) is 26.1 Å². The fourth-order valence-corrected chi connectivity index (χ4v) is 6.47. The Hall–Kier alpha value is -5.17. The first kappa shape index (κ1) is 35.2. The molecule has 10 nitrogen and oxygen atoms in total. The Morgan fingerprint density at radius 1 is 1.10 bits per heavy atom. The number of H-pyrrole nitrogens is 1. The number of aldehydes is 1. The topological polar surface area (TPSA) is 110 Å². The maximum absolute atomic E-state index is 14.1. The van der Waals surface area contributed by atoms with Gasteiger partial charge in [-0.2, -0.15) is 5.10 Å². The van der Waals surface area contributed by atoms with Crippen LogP contribution < -0.4 is 10.1 Å². The van der Waals surface area contributed by atoms with Gasteiger partial charge in [-0.3, -0.25) is 14.8 Å². The second-order valence-electron chi connectivity index (χ2n) is 12.8. The lowest BCUT2D eigenvalue weighted by molar-refractivity contribution is -0.0591. The van der Waals surface area contributed by atoms with Gasteiger partial charge in [0.05, 0.1) is 35.9 Å². The van der Waals surface area contributed by atoms with Crippen molar-refractivity contribution >= 4 is 51.1 Å². The Morgan fingerprint density at radius 3 is 2.69 bits per heavy atom. The van der Waals surface area contributed by atoms with Gasteiger partial charge in [0.15, 0.2) is 5.82 Å². The Kier molecular flexibility index (Phi) is 10.6. The van der Waals surface area contributed by atoms with Crippen LogP contribution >= 0.6 is 11.6 Å². The van der Waals surface area contributed by atoms with Gasteiger partial charge < -0.3 is 19.4 Å². The van der Waals surface area contributed by atoms with E-state index in [9.17, 15) is 13.6 Å². The van der Waals surface area contributed by atoms with E-state index in [1.165, 1.54) is 12.1 Å². The Morgan fingerprint density at radius 2 is 1.96 bits per heavy atom. The first-order valence-corrected chi connectivity index (χ1v) is 17.5. The number of hydrogen-bond acceptors (Lipinski definition) is 8. The van der Waals surface area contributed by atoms with Crippen molar-refractivity contribution in [2.24, 2.45) is 0 Å². The van der Waals surface area contributed by atoms with E-state index in [0.29, 0.717) is 34.1 Å². The van der Waals surface area contributed by atoms with Crippen molar-refractivity contribution in [2.75, 3.05) is 32.1 Å². The van der Waals surface area contributed by atoms with E-state index < -0.39 is 5.82 Å². The first-order valence-electron chi connectivity index (χ1n) is 17.1. The summed E-state index contributed by atoms with van der Waals surface area (Å²) in [5.41, 5.74) is 6.99. The van der Waals surface area contributed by atoms with Crippen LogP contribution in [0, 0.1) is 18.6 Å². The molecule has 6 aromatic rings. The minimum Gasteiger partial charge on any atom is -0.473 e. The summed E-state index contributed by atoms with van der Waals surface area (Å²) in [6.45, 7) is 5.80. The maximum atomic E-state index is 14.1. The molecule has 1 saturated heterocycles. The molecule has 0 saturated carbocycles. The second kappa shape index (κ2) is 15.6. The van der Waals surface area contributed by atoms with Crippen molar-refractivity contribution in [1.29, 1.82) is 0 Å². The quantitative estimate of drug-likeness (QED) is 0.138. The third-order valence-corrected chi connectivity index (χ3v) is 9.60. The van der Waals surface area contributed by atoms with Gasteiger partial charge in [0.25, 0.3) is 0 Å². The highest BCUT2D eigenvalue weighted by atomic mass is 35.5. The van der Waals surface area contributed by atoms with Crippen LogP contribution in [0.2, 0.25) is 5.02 Å². The fourth-order valence-electron chi connectivity index (χ4n) is 6.31. The predicted molar refractivity (Wildman–Crippen MR) is 198 cm³/mol. The van der Waals surface area contributed by atoms with Crippen LogP contribution in [0.1, 0.15) is 46.0 Å². The number of aromatic nitrogens is 5. The van der Waals surface area contributed by atoms with Crippen LogP contribution in [0.4, 0.5) is 14.5 Å². The lowest BCUT2D eigenvalue weighted by atomic mass is 10.0. The molecule has 268 valence electrons. The van der Waals surface area contributed by atoms with Gasteiger partial charge >= 0.3 is 0 Å². The Balaban J connectivity index is 0.000000271. The molecule has 13 heteroatoms. The number of halogens is 3. The van der Waals surface area contributed by atoms with Gasteiger partial charge in [0, 0.05) is 65.7 Å². The SMILES string of the molecule is CNc1cc(F)c2n[nH]c(C)c2c1.O=Cc1ccc2nc(CN3CC=C(c4cccc(OCc5ccc(Cl)cc5F)n4)CC3)n(CC3CCO3)c2c1. The van der Waals surface area contributed by atoms with Crippen LogP contribution in [0.5, 0.6) is 5.88 Å². The standard InChI is InChI=1S/C30H28ClFN4O3.C9H10FN3/c31-23-6-5-22(25(32)15-23)19-39-30-3-1-2-26(34-30)21-8-11-35(12-9-21)17-29-33-27-7-4-20(18-37)14-28(27)36(29)16-24-10-13-38-24;1-5-7-3-6(11-2)4-8(10)9(7)13-12-5/h1-8,14-15,18,24H,9-13,16-17,19H2;3-4,11H,1-2H3,(H,12,13). The number of nitrogens with one attached hydrogen (secondary N) is 2. The molecule has 0 radical (unpaired) electrons. The normalized spacial score (nSPS) is 15.9. The number of fused-ring (bicyclic) bond motifs is 2. The molecule has 2 N–H and O–H groups in total. The molecule has 3 aromatic heterocycles.